The Morgan fingerprint density at radius 2 is 1.89 bits per heavy atom. The van der Waals surface area contributed by atoms with Crippen LogP contribution in [0.25, 0.3) is 5.69 Å². The highest BCUT2D eigenvalue weighted by Gasteiger charge is 2.11. The summed E-state index contributed by atoms with van der Waals surface area (Å²) >= 11 is 0. The number of ether oxygens (including phenoxy) is 2. The van der Waals surface area contributed by atoms with Crippen LogP contribution in [0.2, 0.25) is 0 Å². The molecule has 1 N–H and O–H groups in total. The third kappa shape index (κ3) is 4.30. The van der Waals surface area contributed by atoms with E-state index >= 15 is 0 Å². The number of hydrogen-bond donors (Lipinski definition) is 1. The minimum absolute atomic E-state index is 0.237. The normalized spacial score (nSPS) is 10.3. The highest BCUT2D eigenvalue weighted by atomic mass is 16.5. The van der Waals surface area contributed by atoms with Crippen LogP contribution in [0.5, 0.6) is 5.88 Å². The average Bonchev–Trinajstić information content (AvgIpc) is 3.19. The number of esters is 1. The molecular formula is C19H18N4O4. The number of amides is 1. The fourth-order valence-corrected chi connectivity index (χ4v) is 2.32. The first kappa shape index (κ1) is 18.1. The Balaban J connectivity index is 1.68. The van der Waals surface area contributed by atoms with Crippen LogP contribution in [0, 0.1) is 0 Å². The first-order chi connectivity index (χ1) is 13.1. The minimum atomic E-state index is -0.465. The van der Waals surface area contributed by atoms with Gasteiger partial charge in [0, 0.05) is 24.1 Å². The van der Waals surface area contributed by atoms with Crippen molar-refractivity contribution < 1.29 is 19.1 Å². The van der Waals surface area contributed by atoms with Crippen LogP contribution in [-0.2, 0) is 4.74 Å². The smallest absolute Gasteiger partial charge is 0.358 e. The third-order valence-electron chi connectivity index (χ3n) is 3.67. The number of nitrogens with one attached hydrogen (secondary N) is 1. The lowest BCUT2D eigenvalue weighted by molar-refractivity contribution is 0.0519. The number of pyridine rings is 1. The molecule has 0 fully saturated rings. The van der Waals surface area contributed by atoms with Crippen molar-refractivity contribution in [3.63, 3.8) is 0 Å². The van der Waals surface area contributed by atoms with Crippen molar-refractivity contribution in [2.75, 3.05) is 19.0 Å². The van der Waals surface area contributed by atoms with Crippen LogP contribution in [0.15, 0.2) is 54.9 Å². The molecule has 0 aliphatic heterocycles. The SMILES string of the molecule is CCOC(=O)c1ccn(-c2ccc(NC(=O)c3ccc(OC)nc3)cc2)n1. The van der Waals surface area contributed by atoms with Crippen LogP contribution >= 0.6 is 0 Å². The lowest BCUT2D eigenvalue weighted by Crippen LogP contribution is -2.12. The van der Waals surface area contributed by atoms with Gasteiger partial charge < -0.3 is 14.8 Å². The van der Waals surface area contributed by atoms with Crippen LogP contribution in [0.1, 0.15) is 27.8 Å². The molecule has 8 nitrogen and oxygen atoms in total. The average molecular weight is 366 g/mol. The van der Waals surface area contributed by atoms with Crippen molar-refractivity contribution in [1.82, 2.24) is 14.8 Å². The van der Waals surface area contributed by atoms with Crippen molar-refractivity contribution >= 4 is 17.6 Å². The zero-order chi connectivity index (χ0) is 19.2. The second-order valence-corrected chi connectivity index (χ2v) is 5.46. The molecule has 3 rings (SSSR count). The molecule has 2 heterocycles. The molecule has 0 radical (unpaired) electrons. The molecule has 0 aliphatic carbocycles. The van der Waals surface area contributed by atoms with Gasteiger partial charge in [0.2, 0.25) is 5.88 Å². The second kappa shape index (κ2) is 8.13. The quantitative estimate of drug-likeness (QED) is 0.674. The first-order valence-corrected chi connectivity index (χ1v) is 8.25. The maximum Gasteiger partial charge on any atom is 0.358 e. The van der Waals surface area contributed by atoms with Crippen molar-refractivity contribution in [3.05, 3.63) is 66.1 Å². The van der Waals surface area contributed by atoms with Crippen LogP contribution < -0.4 is 10.1 Å². The van der Waals surface area contributed by atoms with Gasteiger partial charge >= 0.3 is 5.97 Å². The molecule has 2 aromatic heterocycles. The van der Waals surface area contributed by atoms with Gasteiger partial charge in [-0.25, -0.2) is 14.5 Å². The Labute approximate surface area is 155 Å². The Hall–Kier alpha value is -3.68. The van der Waals surface area contributed by atoms with E-state index < -0.39 is 5.97 Å². The molecule has 1 aromatic carbocycles. The minimum Gasteiger partial charge on any atom is -0.481 e. The van der Waals surface area contributed by atoms with Gasteiger partial charge in [0.25, 0.3) is 5.91 Å². The number of benzene rings is 1. The van der Waals surface area contributed by atoms with E-state index in [0.717, 1.165) is 5.69 Å². The molecule has 8 heteroatoms. The summed E-state index contributed by atoms with van der Waals surface area (Å²) in [5.74, 6) is -0.299. The summed E-state index contributed by atoms with van der Waals surface area (Å²) in [5, 5.41) is 6.98. The monoisotopic (exact) mass is 366 g/mol. The Morgan fingerprint density at radius 1 is 1.11 bits per heavy atom. The van der Waals surface area contributed by atoms with Crippen molar-refractivity contribution in [1.29, 1.82) is 0 Å². The maximum atomic E-state index is 12.2. The predicted molar refractivity (Wildman–Crippen MR) is 98.3 cm³/mol. The standard InChI is InChI=1S/C19H18N4O4/c1-3-27-19(25)16-10-11-23(22-16)15-7-5-14(6-8-15)21-18(24)13-4-9-17(26-2)20-12-13/h4-12H,3H2,1-2H3,(H,21,24). The van der Waals surface area contributed by atoms with E-state index in [4.69, 9.17) is 9.47 Å². The number of hydrogen-bond acceptors (Lipinski definition) is 6. The molecular weight excluding hydrogens is 348 g/mol. The van der Waals surface area contributed by atoms with E-state index in [-0.39, 0.29) is 11.6 Å². The molecule has 0 unspecified atom stereocenters. The summed E-state index contributed by atoms with van der Waals surface area (Å²) in [6, 6.07) is 11.9. The number of carbonyl (C=O) groups excluding carboxylic acids is 2. The van der Waals surface area contributed by atoms with E-state index in [9.17, 15) is 9.59 Å². The van der Waals surface area contributed by atoms with E-state index in [1.165, 1.54) is 13.3 Å². The maximum absolute atomic E-state index is 12.2. The summed E-state index contributed by atoms with van der Waals surface area (Å²) < 4.78 is 11.5. The van der Waals surface area contributed by atoms with E-state index in [1.807, 2.05) is 0 Å². The lowest BCUT2D eigenvalue weighted by Gasteiger charge is -2.07. The van der Waals surface area contributed by atoms with Gasteiger partial charge in [-0.2, -0.15) is 5.10 Å². The fraction of sp³-hybridized carbons (Fsp3) is 0.158. The molecule has 0 saturated carbocycles. The summed E-state index contributed by atoms with van der Waals surface area (Å²) in [6.07, 6.45) is 3.12. The van der Waals surface area contributed by atoms with Crippen molar-refractivity contribution in [2.24, 2.45) is 0 Å². The highest BCUT2D eigenvalue weighted by Crippen LogP contribution is 2.15. The molecule has 0 aliphatic rings. The zero-order valence-corrected chi connectivity index (χ0v) is 14.9. The number of aromatic nitrogens is 3. The van der Waals surface area contributed by atoms with Crippen molar-refractivity contribution in [2.45, 2.75) is 6.92 Å². The van der Waals surface area contributed by atoms with Gasteiger partial charge in [0.15, 0.2) is 5.69 Å². The molecule has 138 valence electrons. The van der Waals surface area contributed by atoms with E-state index in [1.54, 1.807) is 60.3 Å². The van der Waals surface area contributed by atoms with Gasteiger partial charge in [0.05, 0.1) is 25.0 Å². The second-order valence-electron chi connectivity index (χ2n) is 5.46. The highest BCUT2D eigenvalue weighted by molar-refractivity contribution is 6.04. The van der Waals surface area contributed by atoms with Gasteiger partial charge in [-0.1, -0.05) is 0 Å². The van der Waals surface area contributed by atoms with E-state index in [0.29, 0.717) is 23.7 Å². The molecule has 0 atom stereocenters. The van der Waals surface area contributed by atoms with Crippen LogP contribution in [0.4, 0.5) is 5.69 Å². The van der Waals surface area contributed by atoms with Gasteiger partial charge in [-0.05, 0) is 43.3 Å². The first-order valence-electron chi connectivity index (χ1n) is 8.25. The molecule has 1 amide bonds. The lowest BCUT2D eigenvalue weighted by atomic mass is 10.2. The van der Waals surface area contributed by atoms with Crippen LogP contribution in [-0.4, -0.2) is 40.4 Å². The predicted octanol–water partition coefficient (Wildman–Crippen LogP) is 2.70. The number of anilines is 1. The molecule has 3 aromatic rings. The summed E-state index contributed by atoms with van der Waals surface area (Å²) in [6.45, 7) is 2.04. The summed E-state index contributed by atoms with van der Waals surface area (Å²) in [4.78, 5) is 27.9. The van der Waals surface area contributed by atoms with Gasteiger partial charge in [-0.3, -0.25) is 4.79 Å². The molecule has 27 heavy (non-hydrogen) atoms. The summed E-state index contributed by atoms with van der Waals surface area (Å²) in [5.41, 5.74) is 2.03. The van der Waals surface area contributed by atoms with E-state index in [2.05, 4.69) is 15.4 Å². The number of rotatable bonds is 6. The summed E-state index contributed by atoms with van der Waals surface area (Å²) in [7, 11) is 1.51. The van der Waals surface area contributed by atoms with Gasteiger partial charge in [0.1, 0.15) is 0 Å². The zero-order valence-electron chi connectivity index (χ0n) is 14.9. The molecule has 0 spiro atoms. The van der Waals surface area contributed by atoms with Crippen molar-refractivity contribution in [3.8, 4) is 11.6 Å². The molecule has 0 saturated heterocycles. The van der Waals surface area contributed by atoms with Crippen LogP contribution in [0.3, 0.4) is 0 Å². The number of methoxy groups -OCH3 is 1. The number of carbonyl (C=O) groups is 2. The van der Waals surface area contributed by atoms with Gasteiger partial charge in [-0.15, -0.1) is 0 Å². The Kier molecular flexibility index (Phi) is 5.46. The topological polar surface area (TPSA) is 95.3 Å². The third-order valence-corrected chi connectivity index (χ3v) is 3.67. The Morgan fingerprint density at radius 3 is 2.52 bits per heavy atom. The fourth-order valence-electron chi connectivity index (χ4n) is 2.32. The largest absolute Gasteiger partial charge is 0.481 e. The number of nitrogens with zero attached hydrogens (tertiary/aromatic N) is 3. The molecule has 0 bridgehead atoms. The Bertz CT molecular complexity index is 933.